The van der Waals surface area contributed by atoms with Crippen molar-refractivity contribution in [2.45, 2.75) is 6.42 Å². The van der Waals surface area contributed by atoms with Crippen LogP contribution in [0.25, 0.3) is 23.2 Å². The number of benzene rings is 1. The smallest absolute Gasteiger partial charge is 0.203 e. The first-order chi connectivity index (χ1) is 15.5. The Morgan fingerprint density at radius 3 is 2.62 bits per heavy atom. The van der Waals surface area contributed by atoms with Gasteiger partial charge in [-0.3, -0.25) is 9.48 Å². The van der Waals surface area contributed by atoms with Crippen molar-refractivity contribution < 1.29 is 0 Å². The summed E-state index contributed by atoms with van der Waals surface area (Å²) in [6, 6.07) is 9.42. The van der Waals surface area contributed by atoms with Crippen LogP contribution in [0.5, 0.6) is 0 Å². The molecule has 0 amide bonds. The number of hydrogen-bond donors (Lipinski definition) is 0. The normalized spacial score (nSPS) is 11.5. The summed E-state index contributed by atoms with van der Waals surface area (Å²) >= 11 is 0. The van der Waals surface area contributed by atoms with Gasteiger partial charge in [0.25, 0.3) is 0 Å². The lowest BCUT2D eigenvalue weighted by molar-refractivity contribution is 0.457. The van der Waals surface area contributed by atoms with E-state index in [-0.39, 0.29) is 5.43 Å². The molecule has 3 aromatic heterocycles. The topological polar surface area (TPSA) is 81.7 Å². The molecule has 0 unspecified atom stereocenters. The van der Waals surface area contributed by atoms with Crippen LogP contribution < -0.4 is 5.43 Å². The summed E-state index contributed by atoms with van der Waals surface area (Å²) in [6.07, 6.45) is 13.3. The molecular formula is C24H25N7O. The van der Waals surface area contributed by atoms with Crippen LogP contribution in [-0.2, 0) is 13.5 Å². The summed E-state index contributed by atoms with van der Waals surface area (Å²) < 4.78 is 3.36. The van der Waals surface area contributed by atoms with Gasteiger partial charge in [0.2, 0.25) is 5.43 Å². The second-order valence-electron chi connectivity index (χ2n) is 7.83. The van der Waals surface area contributed by atoms with Gasteiger partial charge in [-0.15, -0.1) is 0 Å². The fourth-order valence-corrected chi connectivity index (χ4v) is 3.23. The summed E-state index contributed by atoms with van der Waals surface area (Å²) in [6.45, 7) is 0.861. The number of likely N-dealkylation sites (N-methyl/N-ethyl adjacent to an activating group) is 1. The summed E-state index contributed by atoms with van der Waals surface area (Å²) in [4.78, 5) is 23.5. The van der Waals surface area contributed by atoms with Gasteiger partial charge in [-0.05, 0) is 25.7 Å². The minimum Gasteiger partial charge on any atom is -0.306 e. The van der Waals surface area contributed by atoms with Gasteiger partial charge in [0, 0.05) is 55.8 Å². The van der Waals surface area contributed by atoms with Crippen LogP contribution in [0.3, 0.4) is 0 Å². The molecule has 1 aromatic carbocycles. The van der Waals surface area contributed by atoms with E-state index in [9.17, 15) is 4.79 Å². The van der Waals surface area contributed by atoms with E-state index in [1.165, 1.54) is 6.07 Å². The van der Waals surface area contributed by atoms with Gasteiger partial charge in [-0.1, -0.05) is 30.4 Å². The molecule has 0 aliphatic carbocycles. The highest BCUT2D eigenvalue weighted by molar-refractivity contribution is 5.57. The minimum atomic E-state index is -0.0966. The standard InChI is InChI=1S/C24H25N7O/c1-29(2)10-5-7-19-14-25-24(26-15-19)20-8-4-6-18(12-20)13-22-23(32)9-11-31(28-22)21-16-27-30(3)17-21/h4-9,11-12,14-17H,10,13H2,1-3H3. The molecule has 0 spiro atoms. The maximum Gasteiger partial charge on any atom is 0.203 e. The van der Waals surface area contributed by atoms with Gasteiger partial charge in [0.15, 0.2) is 5.82 Å². The van der Waals surface area contributed by atoms with Gasteiger partial charge < -0.3 is 4.90 Å². The third-order valence-electron chi connectivity index (χ3n) is 4.85. The number of hydrogen-bond acceptors (Lipinski definition) is 6. The van der Waals surface area contributed by atoms with E-state index in [0.29, 0.717) is 17.9 Å². The Labute approximate surface area is 186 Å². The minimum absolute atomic E-state index is 0.0966. The van der Waals surface area contributed by atoms with Crippen LogP contribution in [0.1, 0.15) is 16.8 Å². The van der Waals surface area contributed by atoms with E-state index in [1.54, 1.807) is 21.8 Å². The van der Waals surface area contributed by atoms with Crippen molar-refractivity contribution >= 4 is 6.08 Å². The number of nitrogens with zero attached hydrogens (tertiary/aromatic N) is 7. The van der Waals surface area contributed by atoms with E-state index in [1.807, 2.05) is 70.1 Å². The summed E-state index contributed by atoms with van der Waals surface area (Å²) in [5.74, 6) is 0.644. The van der Waals surface area contributed by atoms with Crippen LogP contribution in [-0.4, -0.2) is 55.1 Å². The zero-order valence-electron chi connectivity index (χ0n) is 18.4. The lowest BCUT2D eigenvalue weighted by atomic mass is 10.1. The summed E-state index contributed by atoms with van der Waals surface area (Å²) in [7, 11) is 5.89. The molecule has 0 N–H and O–H groups in total. The van der Waals surface area contributed by atoms with Crippen molar-refractivity contribution in [3.8, 4) is 17.1 Å². The average Bonchev–Trinajstić information content (AvgIpc) is 3.22. The Kier molecular flexibility index (Phi) is 6.32. The predicted molar refractivity (Wildman–Crippen MR) is 124 cm³/mol. The third-order valence-corrected chi connectivity index (χ3v) is 4.85. The van der Waals surface area contributed by atoms with E-state index >= 15 is 0 Å². The first-order valence-electron chi connectivity index (χ1n) is 10.3. The SMILES string of the molecule is CN(C)CC=Cc1cnc(-c2cccc(Cc3nn(-c4cnn(C)c4)ccc3=O)c2)nc1. The Bertz CT molecular complexity index is 1290. The Morgan fingerprint density at radius 1 is 1.09 bits per heavy atom. The van der Waals surface area contributed by atoms with Gasteiger partial charge in [0.1, 0.15) is 11.4 Å². The largest absolute Gasteiger partial charge is 0.306 e. The zero-order valence-corrected chi connectivity index (χ0v) is 18.4. The van der Waals surface area contributed by atoms with E-state index < -0.39 is 0 Å². The molecule has 0 fully saturated rings. The quantitative estimate of drug-likeness (QED) is 0.451. The molecule has 0 saturated heterocycles. The molecule has 8 heteroatoms. The number of aromatic nitrogens is 6. The predicted octanol–water partition coefficient (Wildman–Crippen LogP) is 2.59. The molecule has 162 valence electrons. The molecule has 0 atom stereocenters. The maximum atomic E-state index is 12.4. The highest BCUT2D eigenvalue weighted by Crippen LogP contribution is 2.18. The molecule has 8 nitrogen and oxygen atoms in total. The highest BCUT2D eigenvalue weighted by Gasteiger charge is 2.08. The van der Waals surface area contributed by atoms with Gasteiger partial charge in [-0.25, -0.2) is 14.6 Å². The monoisotopic (exact) mass is 427 g/mol. The first-order valence-corrected chi connectivity index (χ1v) is 10.3. The number of rotatable bonds is 7. The lowest BCUT2D eigenvalue weighted by Gasteiger charge is -2.07. The van der Waals surface area contributed by atoms with E-state index in [4.69, 9.17) is 0 Å². The molecule has 0 radical (unpaired) electrons. The first kappa shape index (κ1) is 21.3. The molecule has 32 heavy (non-hydrogen) atoms. The molecular weight excluding hydrogens is 402 g/mol. The average molecular weight is 428 g/mol. The molecule has 0 aliphatic heterocycles. The number of aryl methyl sites for hydroxylation is 1. The maximum absolute atomic E-state index is 12.4. The van der Waals surface area contributed by atoms with Gasteiger partial charge in [0.05, 0.1) is 12.4 Å². The van der Waals surface area contributed by atoms with Crippen molar-refractivity contribution in [1.29, 1.82) is 0 Å². The third kappa shape index (κ3) is 5.22. The lowest BCUT2D eigenvalue weighted by Crippen LogP contribution is -2.16. The van der Waals surface area contributed by atoms with E-state index in [0.717, 1.165) is 28.9 Å². The fraction of sp³-hybridized carbons (Fsp3) is 0.208. The van der Waals surface area contributed by atoms with Crippen molar-refractivity contribution in [3.63, 3.8) is 0 Å². The van der Waals surface area contributed by atoms with Crippen molar-refractivity contribution in [1.82, 2.24) is 34.4 Å². The molecule has 4 aromatic rings. The van der Waals surface area contributed by atoms with Crippen LogP contribution in [0.15, 0.2) is 72.2 Å². The van der Waals surface area contributed by atoms with Crippen molar-refractivity contribution in [3.05, 3.63) is 94.4 Å². The highest BCUT2D eigenvalue weighted by atomic mass is 16.1. The second kappa shape index (κ2) is 9.49. The molecule has 0 aliphatic rings. The Morgan fingerprint density at radius 2 is 1.91 bits per heavy atom. The summed E-state index contributed by atoms with van der Waals surface area (Å²) in [5, 5.41) is 8.68. The molecule has 4 rings (SSSR count). The van der Waals surface area contributed by atoms with Gasteiger partial charge in [-0.2, -0.15) is 10.2 Å². The van der Waals surface area contributed by atoms with Crippen molar-refractivity contribution in [2.75, 3.05) is 20.6 Å². The second-order valence-corrected chi connectivity index (χ2v) is 7.83. The van der Waals surface area contributed by atoms with E-state index in [2.05, 4.69) is 31.1 Å². The van der Waals surface area contributed by atoms with Crippen LogP contribution in [0.2, 0.25) is 0 Å². The van der Waals surface area contributed by atoms with Crippen LogP contribution in [0, 0.1) is 0 Å². The summed E-state index contributed by atoms with van der Waals surface area (Å²) in [5.41, 5.74) is 3.99. The molecule has 3 heterocycles. The fourth-order valence-electron chi connectivity index (χ4n) is 3.23. The zero-order chi connectivity index (χ0) is 22.5. The Hall–Kier alpha value is -3.91. The van der Waals surface area contributed by atoms with Crippen LogP contribution in [0.4, 0.5) is 0 Å². The molecule has 0 bridgehead atoms. The van der Waals surface area contributed by atoms with Crippen LogP contribution >= 0.6 is 0 Å². The molecule has 0 saturated carbocycles. The van der Waals surface area contributed by atoms with Crippen molar-refractivity contribution in [2.24, 2.45) is 7.05 Å². The van der Waals surface area contributed by atoms with Gasteiger partial charge >= 0.3 is 0 Å². The Balaban J connectivity index is 1.54.